The number of rotatable bonds is 8. The van der Waals surface area contributed by atoms with Crippen LogP contribution in [0.3, 0.4) is 0 Å². The van der Waals surface area contributed by atoms with Crippen molar-refractivity contribution in [2.24, 2.45) is 0 Å². The zero-order chi connectivity index (χ0) is 12.5. The number of unbranched alkanes of at least 4 members (excludes halogenated alkanes) is 4. The van der Waals surface area contributed by atoms with Crippen LogP contribution in [0.15, 0.2) is 18.2 Å². The molecule has 1 rings (SSSR count). The van der Waals surface area contributed by atoms with Crippen molar-refractivity contribution in [3.05, 3.63) is 34.6 Å². The van der Waals surface area contributed by atoms with E-state index in [0.29, 0.717) is 17.1 Å². The van der Waals surface area contributed by atoms with Crippen LogP contribution in [0.2, 0.25) is 5.02 Å². The summed E-state index contributed by atoms with van der Waals surface area (Å²) in [7, 11) is 0. The Labute approximate surface area is 108 Å². The molecule has 0 spiro atoms. The summed E-state index contributed by atoms with van der Waals surface area (Å²) in [6.45, 7) is 3.64. The third-order valence-electron chi connectivity index (χ3n) is 2.82. The van der Waals surface area contributed by atoms with E-state index < -0.39 is 0 Å². The molecule has 0 heterocycles. The Morgan fingerprint density at radius 1 is 1.18 bits per heavy atom. The van der Waals surface area contributed by atoms with Gasteiger partial charge < -0.3 is 5.32 Å². The summed E-state index contributed by atoms with van der Waals surface area (Å²) in [5.41, 5.74) is 0.572. The first-order valence-electron chi connectivity index (χ1n) is 6.39. The highest BCUT2D eigenvalue weighted by Crippen LogP contribution is 2.18. The molecule has 1 N–H and O–H groups in total. The zero-order valence-corrected chi connectivity index (χ0v) is 11.2. The van der Waals surface area contributed by atoms with Gasteiger partial charge in [-0.15, -0.1) is 0 Å². The molecule has 0 amide bonds. The topological polar surface area (TPSA) is 12.0 Å². The van der Waals surface area contributed by atoms with E-state index in [1.54, 1.807) is 12.1 Å². The van der Waals surface area contributed by atoms with Gasteiger partial charge in [-0.3, -0.25) is 0 Å². The van der Waals surface area contributed by atoms with Crippen molar-refractivity contribution < 1.29 is 4.39 Å². The molecule has 0 aromatic heterocycles. The molecule has 96 valence electrons. The van der Waals surface area contributed by atoms with Crippen LogP contribution in [0.4, 0.5) is 4.39 Å². The second-order valence-electron chi connectivity index (χ2n) is 4.29. The number of hydrogen-bond donors (Lipinski definition) is 1. The standard InChI is InChI=1S/C14H21ClFN/c1-2-3-4-5-6-10-17-11-12-13(15)8-7-9-14(12)16/h7-9,17H,2-6,10-11H2,1H3. The molecule has 0 bridgehead atoms. The van der Waals surface area contributed by atoms with E-state index in [0.717, 1.165) is 13.0 Å². The Morgan fingerprint density at radius 3 is 2.65 bits per heavy atom. The van der Waals surface area contributed by atoms with Gasteiger partial charge in [-0.05, 0) is 25.1 Å². The fourth-order valence-corrected chi connectivity index (χ4v) is 2.00. The number of nitrogens with one attached hydrogen (secondary N) is 1. The van der Waals surface area contributed by atoms with Gasteiger partial charge in [0.1, 0.15) is 5.82 Å². The van der Waals surface area contributed by atoms with Crippen molar-refractivity contribution in [3.63, 3.8) is 0 Å². The summed E-state index contributed by atoms with van der Waals surface area (Å²) >= 11 is 5.93. The first-order chi connectivity index (χ1) is 8.25. The lowest BCUT2D eigenvalue weighted by molar-refractivity contribution is 0.561. The second-order valence-corrected chi connectivity index (χ2v) is 4.70. The van der Waals surface area contributed by atoms with Gasteiger partial charge in [-0.25, -0.2) is 4.39 Å². The normalized spacial score (nSPS) is 10.8. The van der Waals surface area contributed by atoms with E-state index in [2.05, 4.69) is 12.2 Å². The van der Waals surface area contributed by atoms with Crippen molar-refractivity contribution in [2.45, 2.75) is 45.6 Å². The predicted octanol–water partition coefficient (Wildman–Crippen LogP) is 4.54. The van der Waals surface area contributed by atoms with Crippen molar-refractivity contribution in [1.29, 1.82) is 0 Å². The second kappa shape index (κ2) is 8.48. The van der Waals surface area contributed by atoms with Crippen LogP contribution < -0.4 is 5.32 Å². The van der Waals surface area contributed by atoms with E-state index in [-0.39, 0.29) is 5.82 Å². The summed E-state index contributed by atoms with van der Waals surface area (Å²) in [6, 6.07) is 4.80. The van der Waals surface area contributed by atoms with E-state index in [1.807, 2.05) is 0 Å². The molecular formula is C14H21ClFN. The lowest BCUT2D eigenvalue weighted by Gasteiger charge is -2.07. The van der Waals surface area contributed by atoms with Crippen LogP contribution in [0.25, 0.3) is 0 Å². The minimum absolute atomic E-state index is 0.226. The Hall–Kier alpha value is -0.600. The first kappa shape index (κ1) is 14.5. The minimum Gasteiger partial charge on any atom is -0.313 e. The van der Waals surface area contributed by atoms with Crippen LogP contribution in [0.5, 0.6) is 0 Å². The quantitative estimate of drug-likeness (QED) is 0.675. The molecule has 0 saturated heterocycles. The first-order valence-corrected chi connectivity index (χ1v) is 6.77. The smallest absolute Gasteiger partial charge is 0.129 e. The molecular weight excluding hydrogens is 237 g/mol. The third-order valence-corrected chi connectivity index (χ3v) is 3.17. The van der Waals surface area contributed by atoms with Gasteiger partial charge in [-0.1, -0.05) is 50.3 Å². The molecule has 0 aliphatic carbocycles. The molecule has 1 aromatic carbocycles. The lowest BCUT2D eigenvalue weighted by atomic mass is 10.1. The molecule has 0 radical (unpaired) electrons. The molecule has 0 fully saturated rings. The highest BCUT2D eigenvalue weighted by atomic mass is 35.5. The third kappa shape index (κ3) is 5.51. The molecule has 1 aromatic rings. The van der Waals surface area contributed by atoms with Gasteiger partial charge in [0.2, 0.25) is 0 Å². The van der Waals surface area contributed by atoms with Crippen LogP contribution in [-0.4, -0.2) is 6.54 Å². The van der Waals surface area contributed by atoms with E-state index in [4.69, 9.17) is 11.6 Å². The van der Waals surface area contributed by atoms with Gasteiger partial charge >= 0.3 is 0 Å². The summed E-state index contributed by atoms with van der Waals surface area (Å²) in [5, 5.41) is 3.74. The van der Waals surface area contributed by atoms with Gasteiger partial charge in [0, 0.05) is 17.1 Å². The summed E-state index contributed by atoms with van der Waals surface area (Å²) < 4.78 is 13.4. The predicted molar refractivity (Wildman–Crippen MR) is 71.9 cm³/mol. The fraction of sp³-hybridized carbons (Fsp3) is 0.571. The Kier molecular flexibility index (Phi) is 7.22. The monoisotopic (exact) mass is 257 g/mol. The highest BCUT2D eigenvalue weighted by Gasteiger charge is 2.05. The molecule has 1 nitrogen and oxygen atoms in total. The summed E-state index contributed by atoms with van der Waals surface area (Å²) in [6.07, 6.45) is 6.24. The molecule has 0 saturated carbocycles. The van der Waals surface area contributed by atoms with Crippen molar-refractivity contribution in [3.8, 4) is 0 Å². The average molecular weight is 258 g/mol. The summed E-state index contributed by atoms with van der Waals surface area (Å²) in [4.78, 5) is 0. The number of hydrogen-bond acceptors (Lipinski definition) is 1. The van der Waals surface area contributed by atoms with Crippen molar-refractivity contribution in [2.75, 3.05) is 6.54 Å². The minimum atomic E-state index is -0.226. The van der Waals surface area contributed by atoms with Crippen LogP contribution in [0, 0.1) is 5.82 Å². The van der Waals surface area contributed by atoms with Crippen LogP contribution in [0.1, 0.15) is 44.6 Å². The maximum absolute atomic E-state index is 13.4. The van der Waals surface area contributed by atoms with Gasteiger partial charge in [0.05, 0.1) is 0 Å². The van der Waals surface area contributed by atoms with E-state index >= 15 is 0 Å². The molecule has 17 heavy (non-hydrogen) atoms. The number of halogens is 2. The van der Waals surface area contributed by atoms with Crippen molar-refractivity contribution >= 4 is 11.6 Å². The molecule has 0 aliphatic heterocycles. The van der Waals surface area contributed by atoms with Crippen LogP contribution in [-0.2, 0) is 6.54 Å². The lowest BCUT2D eigenvalue weighted by Crippen LogP contribution is -2.15. The maximum atomic E-state index is 13.4. The largest absolute Gasteiger partial charge is 0.313 e. The van der Waals surface area contributed by atoms with E-state index in [9.17, 15) is 4.39 Å². The van der Waals surface area contributed by atoms with Gasteiger partial charge in [-0.2, -0.15) is 0 Å². The number of benzene rings is 1. The molecule has 0 unspecified atom stereocenters. The molecule has 3 heteroatoms. The molecule has 0 aliphatic rings. The SMILES string of the molecule is CCCCCCCNCc1c(F)cccc1Cl. The Morgan fingerprint density at radius 2 is 1.94 bits per heavy atom. The van der Waals surface area contributed by atoms with Gasteiger partial charge in [0.15, 0.2) is 0 Å². The zero-order valence-electron chi connectivity index (χ0n) is 10.4. The Bertz CT molecular complexity index is 308. The highest BCUT2D eigenvalue weighted by molar-refractivity contribution is 6.31. The maximum Gasteiger partial charge on any atom is 0.129 e. The fourth-order valence-electron chi connectivity index (χ4n) is 1.77. The summed E-state index contributed by atoms with van der Waals surface area (Å²) in [5.74, 6) is -0.226. The average Bonchev–Trinajstić information content (AvgIpc) is 2.31. The van der Waals surface area contributed by atoms with Gasteiger partial charge in [0.25, 0.3) is 0 Å². The Balaban J connectivity index is 2.18. The molecule has 0 atom stereocenters. The van der Waals surface area contributed by atoms with E-state index in [1.165, 1.54) is 31.7 Å². The van der Waals surface area contributed by atoms with Crippen LogP contribution >= 0.6 is 11.6 Å². The van der Waals surface area contributed by atoms with Crippen molar-refractivity contribution in [1.82, 2.24) is 5.32 Å².